The Morgan fingerprint density at radius 1 is 0.409 bits per heavy atom. The summed E-state index contributed by atoms with van der Waals surface area (Å²) in [6, 6.07) is 9.84. The third-order valence-corrected chi connectivity index (χ3v) is 9.53. The van der Waals surface area contributed by atoms with E-state index in [9.17, 15) is 0 Å². The second-order valence-electron chi connectivity index (χ2n) is 13.4. The maximum atomic E-state index is 5.09. The molecule has 0 fully saturated rings. The van der Waals surface area contributed by atoms with E-state index in [4.69, 9.17) is 9.97 Å². The minimum atomic E-state index is 0.894. The van der Waals surface area contributed by atoms with Gasteiger partial charge in [0.2, 0.25) is 0 Å². The van der Waals surface area contributed by atoms with Crippen molar-refractivity contribution in [3.63, 3.8) is 0 Å². The van der Waals surface area contributed by atoms with E-state index < -0.39 is 0 Å². The Balaban J connectivity index is 1.94. The molecule has 0 aliphatic heterocycles. The van der Waals surface area contributed by atoms with Crippen molar-refractivity contribution >= 4 is 0 Å². The summed E-state index contributed by atoms with van der Waals surface area (Å²) in [5.41, 5.74) is 12.5. The molecule has 1 heterocycles. The number of aryl methyl sites for hydroxylation is 6. The van der Waals surface area contributed by atoms with E-state index in [0.29, 0.717) is 0 Å². The lowest BCUT2D eigenvalue weighted by Crippen LogP contribution is -2.01. The molecule has 0 spiro atoms. The van der Waals surface area contributed by atoms with Crippen LogP contribution in [0.5, 0.6) is 0 Å². The number of hydrogen-bond donors (Lipinski definition) is 0. The third-order valence-electron chi connectivity index (χ3n) is 9.53. The van der Waals surface area contributed by atoms with Gasteiger partial charge in [-0.25, -0.2) is 9.97 Å². The van der Waals surface area contributed by atoms with Crippen LogP contribution in [0.25, 0.3) is 22.5 Å². The van der Waals surface area contributed by atoms with Crippen molar-refractivity contribution in [1.29, 1.82) is 0 Å². The van der Waals surface area contributed by atoms with Gasteiger partial charge in [0.15, 0.2) is 5.82 Å². The highest BCUT2D eigenvalue weighted by atomic mass is 14.9. The van der Waals surface area contributed by atoms with Gasteiger partial charge in [-0.2, -0.15) is 0 Å². The maximum Gasteiger partial charge on any atom is 0.159 e. The molecule has 2 aromatic carbocycles. The number of unbranched alkanes of at least 4 members (excludes halogenated alkanes) is 12. The van der Waals surface area contributed by atoms with Gasteiger partial charge >= 0.3 is 0 Å². The van der Waals surface area contributed by atoms with Crippen molar-refractivity contribution in [2.24, 2.45) is 0 Å². The SMILES string of the molecule is CCCCCCc1cc(-c2cnc(-c3cc(CCCCCC)c(C)cc3CCCCCC)nc2)c(CCCCCC)cc1C. The van der Waals surface area contributed by atoms with Gasteiger partial charge < -0.3 is 0 Å². The quantitative estimate of drug-likeness (QED) is 0.108. The van der Waals surface area contributed by atoms with Crippen LogP contribution in [-0.4, -0.2) is 9.97 Å². The Hall–Kier alpha value is -2.48. The summed E-state index contributed by atoms with van der Waals surface area (Å²) in [6.45, 7) is 13.8. The lowest BCUT2D eigenvalue weighted by molar-refractivity contribution is 0.662. The molecule has 0 saturated carbocycles. The molecule has 0 unspecified atom stereocenters. The smallest absolute Gasteiger partial charge is 0.159 e. The molecule has 2 heteroatoms. The number of aromatic nitrogens is 2. The summed E-state index contributed by atoms with van der Waals surface area (Å²) in [5, 5.41) is 0. The molecule has 0 atom stereocenters. The summed E-state index contributed by atoms with van der Waals surface area (Å²) >= 11 is 0. The summed E-state index contributed by atoms with van der Waals surface area (Å²) in [6.07, 6.45) is 29.4. The summed E-state index contributed by atoms with van der Waals surface area (Å²) in [4.78, 5) is 10.2. The first-order valence-electron chi connectivity index (χ1n) is 18.6. The molecule has 0 amide bonds. The van der Waals surface area contributed by atoms with E-state index in [0.717, 1.165) is 25.1 Å². The topological polar surface area (TPSA) is 25.8 Å². The molecule has 0 aliphatic rings. The first kappa shape index (κ1) is 36.0. The number of nitrogens with zero attached hydrogens (tertiary/aromatic N) is 2. The molecule has 3 rings (SSSR count). The molecule has 0 N–H and O–H groups in total. The number of benzene rings is 2. The van der Waals surface area contributed by atoms with E-state index >= 15 is 0 Å². The second-order valence-corrected chi connectivity index (χ2v) is 13.4. The van der Waals surface area contributed by atoms with Crippen LogP contribution in [0.2, 0.25) is 0 Å². The van der Waals surface area contributed by atoms with Crippen LogP contribution in [-0.2, 0) is 25.7 Å². The Morgan fingerprint density at radius 3 is 1.18 bits per heavy atom. The highest BCUT2D eigenvalue weighted by Gasteiger charge is 2.15. The van der Waals surface area contributed by atoms with Crippen LogP contribution in [0.4, 0.5) is 0 Å². The fourth-order valence-electron chi connectivity index (χ4n) is 6.63. The van der Waals surface area contributed by atoms with Crippen LogP contribution in [0.15, 0.2) is 36.7 Å². The lowest BCUT2D eigenvalue weighted by atomic mass is 9.90. The number of rotatable bonds is 22. The van der Waals surface area contributed by atoms with Crippen LogP contribution in [0.1, 0.15) is 164 Å². The van der Waals surface area contributed by atoms with Gasteiger partial charge in [0.25, 0.3) is 0 Å². The molecule has 44 heavy (non-hydrogen) atoms. The molecule has 0 radical (unpaired) electrons. The van der Waals surface area contributed by atoms with E-state index in [-0.39, 0.29) is 0 Å². The lowest BCUT2D eigenvalue weighted by Gasteiger charge is -2.17. The van der Waals surface area contributed by atoms with Crippen LogP contribution >= 0.6 is 0 Å². The van der Waals surface area contributed by atoms with Crippen LogP contribution < -0.4 is 0 Å². The monoisotopic (exact) mass is 597 g/mol. The van der Waals surface area contributed by atoms with Gasteiger partial charge in [-0.3, -0.25) is 0 Å². The summed E-state index contributed by atoms with van der Waals surface area (Å²) in [5.74, 6) is 0.894. The predicted molar refractivity (Wildman–Crippen MR) is 194 cm³/mol. The Labute approximate surface area is 271 Å². The van der Waals surface area contributed by atoms with Gasteiger partial charge in [0.1, 0.15) is 0 Å². The molecule has 0 aliphatic carbocycles. The van der Waals surface area contributed by atoms with Gasteiger partial charge in [-0.05, 0) is 110 Å². The standard InChI is InChI=1S/C42H64N2/c1-7-11-15-19-23-35-29-40(37(27-33(35)5)25-21-17-13-9-3)39-31-43-42(44-32-39)41-30-36(24-20-16-12-8-2)34(6)28-38(41)26-22-18-14-10-4/h27-32H,7-26H2,1-6H3. The normalized spacial score (nSPS) is 11.4. The van der Waals surface area contributed by atoms with Crippen molar-refractivity contribution in [1.82, 2.24) is 9.97 Å². The maximum absolute atomic E-state index is 5.09. The molecule has 3 aromatic rings. The fourth-order valence-corrected chi connectivity index (χ4v) is 6.63. The van der Waals surface area contributed by atoms with E-state index in [1.807, 2.05) is 0 Å². The average Bonchev–Trinajstić information content (AvgIpc) is 3.03. The van der Waals surface area contributed by atoms with Crippen LogP contribution in [0, 0.1) is 13.8 Å². The first-order chi connectivity index (χ1) is 21.5. The summed E-state index contributed by atoms with van der Waals surface area (Å²) < 4.78 is 0. The third kappa shape index (κ3) is 11.5. The first-order valence-corrected chi connectivity index (χ1v) is 18.6. The van der Waals surface area contributed by atoms with Crippen molar-refractivity contribution in [2.45, 2.75) is 170 Å². The molecular weight excluding hydrogens is 532 g/mol. The molecule has 2 nitrogen and oxygen atoms in total. The van der Waals surface area contributed by atoms with Gasteiger partial charge in [0, 0.05) is 23.5 Å². The van der Waals surface area contributed by atoms with Crippen molar-refractivity contribution in [2.75, 3.05) is 0 Å². The van der Waals surface area contributed by atoms with Gasteiger partial charge in [-0.15, -0.1) is 0 Å². The average molecular weight is 597 g/mol. The second kappa shape index (κ2) is 20.5. The number of hydrogen-bond acceptors (Lipinski definition) is 2. The Bertz CT molecular complexity index is 1130. The van der Waals surface area contributed by atoms with E-state index in [1.54, 1.807) is 0 Å². The zero-order chi connectivity index (χ0) is 31.6. The highest BCUT2D eigenvalue weighted by molar-refractivity contribution is 5.70. The molecule has 0 bridgehead atoms. The van der Waals surface area contributed by atoms with E-state index in [1.165, 1.54) is 159 Å². The minimum absolute atomic E-state index is 0.894. The van der Waals surface area contributed by atoms with E-state index in [2.05, 4.69) is 78.2 Å². The van der Waals surface area contributed by atoms with Crippen molar-refractivity contribution in [3.05, 3.63) is 70.0 Å². The van der Waals surface area contributed by atoms with Crippen LogP contribution in [0.3, 0.4) is 0 Å². The zero-order valence-corrected chi connectivity index (χ0v) is 29.5. The Kier molecular flexibility index (Phi) is 16.8. The molecule has 242 valence electrons. The van der Waals surface area contributed by atoms with Crippen molar-refractivity contribution in [3.8, 4) is 22.5 Å². The molecular formula is C42H64N2. The van der Waals surface area contributed by atoms with Crippen molar-refractivity contribution < 1.29 is 0 Å². The molecule has 0 saturated heterocycles. The predicted octanol–water partition coefficient (Wildman–Crippen LogP) is 12.9. The zero-order valence-electron chi connectivity index (χ0n) is 29.5. The van der Waals surface area contributed by atoms with Gasteiger partial charge in [-0.1, -0.05) is 123 Å². The fraction of sp³-hybridized carbons (Fsp3) is 0.619. The van der Waals surface area contributed by atoms with Gasteiger partial charge in [0.05, 0.1) is 0 Å². The molecule has 1 aromatic heterocycles. The Morgan fingerprint density at radius 2 is 0.773 bits per heavy atom. The summed E-state index contributed by atoms with van der Waals surface area (Å²) in [7, 11) is 0. The largest absolute Gasteiger partial charge is 0.236 e. The minimum Gasteiger partial charge on any atom is -0.236 e. The highest BCUT2D eigenvalue weighted by Crippen LogP contribution is 2.32.